The van der Waals surface area contributed by atoms with Gasteiger partial charge in [0.25, 0.3) is 17.7 Å². The summed E-state index contributed by atoms with van der Waals surface area (Å²) in [4.78, 5) is 214. The van der Waals surface area contributed by atoms with Crippen LogP contribution in [0.4, 0.5) is 11.4 Å². The summed E-state index contributed by atoms with van der Waals surface area (Å²) in [5.74, 6) is -22.6. The predicted molar refractivity (Wildman–Crippen MR) is 433 cm³/mol. The summed E-state index contributed by atoms with van der Waals surface area (Å²) in [5.41, 5.74) is 3.27. The minimum Gasteiger partial charge on any atom is -0.545 e. The van der Waals surface area contributed by atoms with E-state index in [2.05, 4.69) is 58.4 Å². The fourth-order valence-electron chi connectivity index (χ4n) is 13.3. The van der Waals surface area contributed by atoms with E-state index in [9.17, 15) is 112 Å². The standard InChI is InChI=1S/C81H85Cl2N13O26/c1-36(2)69(76(113)90-53(79(117)118)11-9-10-22-84-71(108)38-12-16-42(46(23-38)78(115)116)68-44-18-14-40(95(5)6)25-58(44)120-59-26-41(96(7)8)15-19-45(59)68)92-64(101)34-86-73(110)54(29-66(104)105)91-77(114)70(37(3)4)93-74(111)52(20-21-65(102)103)89-75(112)55(30-67(106)107)88-63(100)33-85-62(99)35-87-94-72(109)39-13-17-43-47(24-39)81(122-80(43)119)48-27-50(82)56(97)31-60(48)121-61-32-57(98)51(83)28-49(61)81/h12-19,23-28,31-32,35-37,52-55,69-70H,9-11,20-22,29-30,33-34H2,1-8H3,(H16-,84,85,86,88,89,90,91,92,93,94,97,98,99,100,101,102,103,104,105,106,107,108,109,110,111,112,113,114,115,116,117,118)/t52-,53-,54-,55-,69-,70-/m0/s1. The van der Waals surface area contributed by atoms with Crippen molar-refractivity contribution in [3.8, 4) is 34.1 Å². The van der Waals surface area contributed by atoms with Gasteiger partial charge in [-0.2, -0.15) is 5.10 Å². The lowest BCUT2D eigenvalue weighted by Gasteiger charge is -2.37. The molecule has 3 heterocycles. The quantitative estimate of drug-likeness (QED) is 0.00660. The van der Waals surface area contributed by atoms with Crippen LogP contribution in [0.25, 0.3) is 33.1 Å². The third-order valence-corrected chi connectivity index (χ3v) is 20.2. The average molecular weight is 1730 g/mol. The molecule has 1 aromatic heterocycles. The number of hydrogen-bond donors (Lipinski definition) is 16. The Kier molecular flexibility index (Phi) is 29.7. The van der Waals surface area contributed by atoms with E-state index in [0.717, 1.165) is 23.5 Å². The molecule has 16 N–H and O–H groups in total. The number of unbranched alkanes of at least 4 members (excludes halogenated alkanes) is 1. The highest BCUT2D eigenvalue weighted by atomic mass is 35.5. The molecule has 0 aliphatic carbocycles. The van der Waals surface area contributed by atoms with Crippen molar-refractivity contribution in [2.24, 2.45) is 16.9 Å². The summed E-state index contributed by atoms with van der Waals surface area (Å²) in [6.07, 6.45) is -3.29. The summed E-state index contributed by atoms with van der Waals surface area (Å²) in [6, 6.07) is 13.0. The number of carbonyl (C=O) groups is 16. The van der Waals surface area contributed by atoms with Crippen LogP contribution in [0.3, 0.4) is 0 Å². The summed E-state index contributed by atoms with van der Waals surface area (Å²) in [5, 5.41) is 97.7. The molecule has 2 aliphatic heterocycles. The van der Waals surface area contributed by atoms with Crippen LogP contribution in [0, 0.1) is 11.8 Å². The van der Waals surface area contributed by atoms with Crippen LogP contribution in [0.1, 0.15) is 131 Å². The lowest BCUT2D eigenvalue weighted by atomic mass is 9.77. The van der Waals surface area contributed by atoms with Gasteiger partial charge in [-0.05, 0) is 110 Å². The number of halogens is 2. The van der Waals surface area contributed by atoms with Crippen molar-refractivity contribution in [2.45, 2.75) is 114 Å². The Labute approximate surface area is 703 Å². The van der Waals surface area contributed by atoms with Crippen molar-refractivity contribution in [2.75, 3.05) is 57.6 Å². The smallest absolute Gasteiger partial charge is 0.363 e. The van der Waals surface area contributed by atoms with Crippen molar-refractivity contribution >= 4 is 158 Å². The van der Waals surface area contributed by atoms with Gasteiger partial charge in [0.15, 0.2) is 5.60 Å². The van der Waals surface area contributed by atoms with Crippen molar-refractivity contribution in [3.63, 3.8) is 0 Å². The number of carbonyl (C=O) groups excluding carboxylic acids is 12. The average Bonchev–Trinajstić information content (AvgIpc) is 1.50. The van der Waals surface area contributed by atoms with Gasteiger partial charge in [0, 0.05) is 104 Å². The number of carboxylic acid groups (broad SMARTS) is 5. The zero-order valence-corrected chi connectivity index (χ0v) is 68.0. The Hall–Kier alpha value is -14.2. The summed E-state index contributed by atoms with van der Waals surface area (Å²) in [6.45, 7) is 3.78. The normalized spacial score (nSPS) is 13.7. The van der Waals surface area contributed by atoms with Crippen molar-refractivity contribution in [1.29, 1.82) is 0 Å². The van der Waals surface area contributed by atoms with E-state index in [1.807, 2.05) is 74.4 Å². The second kappa shape index (κ2) is 39.6. The molecule has 41 heteroatoms. The molecular weight excluding hydrogens is 1640 g/mol. The van der Waals surface area contributed by atoms with Gasteiger partial charge in [0.1, 0.15) is 65.5 Å². The topological polar surface area (TPSA) is 586 Å². The maximum atomic E-state index is 14.0. The van der Waals surface area contributed by atoms with Crippen molar-refractivity contribution in [3.05, 3.63) is 146 Å². The van der Waals surface area contributed by atoms with E-state index in [4.69, 9.17) is 37.1 Å². The number of benzene rings is 6. The number of aromatic carboxylic acids is 1. The van der Waals surface area contributed by atoms with Crippen molar-refractivity contribution in [1.82, 2.24) is 53.3 Å². The van der Waals surface area contributed by atoms with Crippen LogP contribution in [0.15, 0.2) is 107 Å². The molecule has 0 saturated carbocycles. The molecule has 644 valence electrons. The van der Waals surface area contributed by atoms with Gasteiger partial charge >= 0.3 is 41.0 Å². The van der Waals surface area contributed by atoms with Crippen LogP contribution in [0.2, 0.25) is 10.0 Å². The number of phenolic OH excluding ortho intramolecular Hbond substituents is 2. The van der Waals surface area contributed by atoms with E-state index in [-0.39, 0.29) is 91.9 Å². The number of fused-ring (bicyclic) bond motifs is 8. The molecule has 122 heavy (non-hydrogen) atoms. The monoisotopic (exact) mass is 1730 g/mol. The van der Waals surface area contributed by atoms with Gasteiger partial charge in [-0.3, -0.25) is 62.3 Å². The first-order valence-corrected chi connectivity index (χ1v) is 38.3. The number of nitrogens with one attached hydrogen (secondary N) is 10. The van der Waals surface area contributed by atoms with Gasteiger partial charge in [-0.1, -0.05) is 57.0 Å². The molecular formula is C81H85Cl2N13O26. The van der Waals surface area contributed by atoms with E-state index in [0.29, 0.717) is 33.7 Å². The molecule has 6 atom stereocenters. The number of esters is 1. The number of rotatable bonds is 38. The second-order valence-electron chi connectivity index (χ2n) is 29.4. The molecule has 0 fully saturated rings. The fraction of sp³-hybridized carbons (Fsp3) is 0.333. The number of phenols is 2. The van der Waals surface area contributed by atoms with Gasteiger partial charge in [0.05, 0.1) is 70.4 Å². The van der Waals surface area contributed by atoms with E-state index in [1.54, 1.807) is 0 Å². The molecule has 2 aliphatic rings. The van der Waals surface area contributed by atoms with Gasteiger partial charge in [0.2, 0.25) is 41.4 Å². The lowest BCUT2D eigenvalue weighted by Crippen LogP contribution is -2.60. The molecule has 1 spiro atoms. The molecule has 39 nitrogen and oxygen atoms in total. The SMILES string of the molecule is CC(C)[C@H](NC(=O)CNC(=O)[C@H](CC(=O)O)NC(=O)[C@@H](NC(=O)[C@H](CCC(=O)O)NC(=O)[C@H](CC(=O)O)NC(=O)CNC(=O)/C=N/NC(=O)c1ccc2c(c1)C1(OC2=O)c2cc(Cl)c(O)cc2Oc2cc(O)c(Cl)cc21)C(C)C)C(=O)N[C@@H](CCCCNC(=O)c1ccc(-c2c3ccc(N(C)C)cc3[o+]c3cc(N(C)C)ccc23)c(C(=O)[O-])c1)C(=O)O. The van der Waals surface area contributed by atoms with Crippen LogP contribution in [0.5, 0.6) is 23.0 Å². The number of carboxylic acids is 5. The first-order chi connectivity index (χ1) is 57.6. The first kappa shape index (κ1) is 91.7. The highest BCUT2D eigenvalue weighted by Gasteiger charge is 2.55. The first-order valence-electron chi connectivity index (χ1n) is 37.6. The Bertz CT molecular complexity index is 5320. The molecule has 6 aromatic carbocycles. The number of nitrogens with zero attached hydrogens (tertiary/aromatic N) is 3. The Morgan fingerprint density at radius 3 is 1.57 bits per heavy atom. The Morgan fingerprint density at radius 1 is 0.533 bits per heavy atom. The number of amides is 10. The van der Waals surface area contributed by atoms with E-state index in [1.165, 1.54) is 76.2 Å². The number of hydrazone groups is 1. The molecule has 0 saturated heterocycles. The molecule has 0 bridgehead atoms. The number of anilines is 2. The van der Waals surface area contributed by atoms with Crippen LogP contribution >= 0.6 is 23.2 Å². The van der Waals surface area contributed by atoms with Crippen LogP contribution in [-0.2, 0) is 67.9 Å². The third-order valence-electron chi connectivity index (χ3n) is 19.5. The van der Waals surface area contributed by atoms with Crippen LogP contribution < -0.4 is 72.9 Å². The molecule has 0 unspecified atom stereocenters. The molecule has 9 rings (SSSR count). The summed E-state index contributed by atoms with van der Waals surface area (Å²) < 4.78 is 18.3. The van der Waals surface area contributed by atoms with E-state index < -0.39 is 199 Å². The van der Waals surface area contributed by atoms with Gasteiger partial charge < -0.3 is 108 Å². The minimum absolute atomic E-state index is 0.0194. The Morgan fingerprint density at radius 2 is 1.04 bits per heavy atom. The third kappa shape index (κ3) is 22.0. The number of aromatic hydroxyl groups is 2. The zero-order chi connectivity index (χ0) is 89.6. The van der Waals surface area contributed by atoms with Crippen molar-refractivity contribution < 1.29 is 126 Å². The number of aliphatic carboxylic acids is 4. The lowest BCUT2D eigenvalue weighted by molar-refractivity contribution is -0.255. The largest absolute Gasteiger partial charge is 0.545 e. The molecule has 7 aromatic rings. The second-order valence-corrected chi connectivity index (χ2v) is 30.2. The summed E-state index contributed by atoms with van der Waals surface area (Å²) in [7, 11) is 7.45. The number of ether oxygens (including phenoxy) is 2. The predicted octanol–water partition coefficient (Wildman–Crippen LogP) is 2.98. The summed E-state index contributed by atoms with van der Waals surface area (Å²) >= 11 is 12.6. The highest BCUT2D eigenvalue weighted by molar-refractivity contribution is 6.33. The van der Waals surface area contributed by atoms with E-state index >= 15 is 0 Å². The van der Waals surface area contributed by atoms with Gasteiger partial charge in [-0.15, -0.1) is 0 Å². The maximum absolute atomic E-state index is 14.0. The maximum Gasteiger partial charge on any atom is 0.363 e. The molecule has 0 radical (unpaired) electrons. The fourth-order valence-corrected chi connectivity index (χ4v) is 13.6. The van der Waals surface area contributed by atoms with Gasteiger partial charge in [-0.25, -0.2) is 19.4 Å². The Balaban J connectivity index is 0.749. The molecule has 10 amide bonds. The highest BCUT2D eigenvalue weighted by Crippen LogP contribution is 2.59. The zero-order valence-electron chi connectivity index (χ0n) is 66.5. The number of hydrogen-bond acceptors (Lipinski definition) is 24. The van der Waals surface area contributed by atoms with Crippen LogP contribution in [-0.4, -0.2) is 216 Å². The minimum atomic E-state index is -2.05.